The van der Waals surface area contributed by atoms with Crippen molar-refractivity contribution in [3.8, 4) is 0 Å². The first-order valence-corrected chi connectivity index (χ1v) is 4.66. The van der Waals surface area contributed by atoms with Crippen LogP contribution in [0, 0.1) is 5.41 Å². The van der Waals surface area contributed by atoms with E-state index in [-0.39, 0.29) is 0 Å². The van der Waals surface area contributed by atoms with Crippen molar-refractivity contribution in [3.05, 3.63) is 0 Å². The molecule has 0 saturated carbocycles. The Kier molecular flexibility index (Phi) is 8.15. The van der Waals surface area contributed by atoms with Crippen molar-refractivity contribution in [2.75, 3.05) is 14.2 Å². The molecule has 0 spiro atoms. The van der Waals surface area contributed by atoms with E-state index in [0.717, 1.165) is 14.2 Å². The molecule has 0 aliphatic heterocycles. The van der Waals surface area contributed by atoms with Crippen molar-refractivity contribution in [1.29, 1.82) is 0 Å². The van der Waals surface area contributed by atoms with Gasteiger partial charge in [0.05, 0.1) is 14.2 Å². The fraction of sp³-hybridized carbons (Fsp3) is 0.600. The summed E-state index contributed by atoms with van der Waals surface area (Å²) in [5.74, 6) is -4.72. The summed E-state index contributed by atoms with van der Waals surface area (Å²) >= 11 is 0. The Balaban J connectivity index is 0. The molecule has 0 aliphatic carbocycles. The molecule has 0 rings (SSSR count). The van der Waals surface area contributed by atoms with E-state index in [2.05, 4.69) is 9.47 Å². The molecule has 8 nitrogen and oxygen atoms in total. The van der Waals surface area contributed by atoms with E-state index in [0.29, 0.717) is 0 Å². The minimum atomic E-state index is -1.38. The highest BCUT2D eigenvalue weighted by atomic mass is 16.6. The van der Waals surface area contributed by atoms with E-state index in [1.165, 1.54) is 13.8 Å². The molecule has 0 saturated heterocycles. The van der Waals surface area contributed by atoms with Crippen LogP contribution >= 0.6 is 0 Å². The van der Waals surface area contributed by atoms with Crippen LogP contribution < -0.4 is 10.2 Å². The van der Waals surface area contributed by atoms with Gasteiger partial charge in [0.15, 0.2) is 0 Å². The fourth-order valence-corrected chi connectivity index (χ4v) is 0.600. The largest absolute Gasteiger partial charge is 0.550 e. The van der Waals surface area contributed by atoms with Gasteiger partial charge in [-0.1, -0.05) is 13.8 Å². The van der Waals surface area contributed by atoms with Gasteiger partial charge in [0, 0.05) is 17.4 Å². The van der Waals surface area contributed by atoms with E-state index in [4.69, 9.17) is 0 Å². The molecule has 0 aromatic carbocycles. The second-order valence-corrected chi connectivity index (χ2v) is 3.70. The standard InChI is InChI=1S/C6H10O4.C4H6O4/c1-6(2,5(9)10)3-4(7)8;1-7-3(5)4(6)8-2/h3H2,1-2H3,(H,7,8)(H,9,10);1-2H3/p-2. The topological polar surface area (TPSA) is 133 Å². The minimum absolute atomic E-state index is 0.519. The van der Waals surface area contributed by atoms with Crippen LogP contribution in [0.2, 0.25) is 0 Å². The molecule has 8 heteroatoms. The van der Waals surface area contributed by atoms with Crippen molar-refractivity contribution >= 4 is 23.9 Å². The van der Waals surface area contributed by atoms with Gasteiger partial charge >= 0.3 is 11.9 Å². The van der Waals surface area contributed by atoms with Crippen LogP contribution in [-0.4, -0.2) is 38.1 Å². The molecule has 0 N–H and O–H groups in total. The van der Waals surface area contributed by atoms with Gasteiger partial charge in [0.2, 0.25) is 0 Å². The smallest absolute Gasteiger partial charge is 0.417 e. The van der Waals surface area contributed by atoms with E-state index < -0.39 is 35.7 Å². The molecule has 0 aromatic heterocycles. The van der Waals surface area contributed by atoms with Crippen LogP contribution in [0.5, 0.6) is 0 Å². The number of rotatable bonds is 3. The number of ether oxygens (including phenoxy) is 2. The van der Waals surface area contributed by atoms with E-state index in [1.807, 2.05) is 0 Å². The lowest BCUT2D eigenvalue weighted by molar-refractivity contribution is -0.326. The zero-order chi connectivity index (χ0) is 14.9. The summed E-state index contributed by atoms with van der Waals surface area (Å²) in [6.07, 6.45) is -0.519. The Bertz CT molecular complexity index is 317. The second-order valence-electron chi connectivity index (χ2n) is 3.70. The second kappa shape index (κ2) is 8.04. The van der Waals surface area contributed by atoms with Crippen molar-refractivity contribution in [2.24, 2.45) is 5.41 Å². The number of aliphatic carboxylic acids is 2. The first-order chi connectivity index (χ1) is 8.08. The molecule has 0 heterocycles. The molecule has 0 aliphatic rings. The number of methoxy groups -OCH3 is 2. The Morgan fingerprint density at radius 2 is 1.28 bits per heavy atom. The van der Waals surface area contributed by atoms with Gasteiger partial charge in [-0.05, 0) is 6.42 Å². The zero-order valence-corrected chi connectivity index (χ0v) is 10.5. The monoisotopic (exact) mass is 262 g/mol. The van der Waals surface area contributed by atoms with Gasteiger partial charge in [-0.25, -0.2) is 9.59 Å². The van der Waals surface area contributed by atoms with Gasteiger partial charge in [0.1, 0.15) is 0 Å². The predicted molar refractivity (Wildman–Crippen MR) is 52.4 cm³/mol. The highest BCUT2D eigenvalue weighted by molar-refractivity contribution is 6.29. The Labute approximate surface area is 103 Å². The van der Waals surface area contributed by atoms with Gasteiger partial charge in [-0.2, -0.15) is 0 Å². The normalized spacial score (nSPS) is 9.56. The minimum Gasteiger partial charge on any atom is -0.550 e. The average molecular weight is 262 g/mol. The number of carboxylic acid groups (broad SMARTS) is 2. The van der Waals surface area contributed by atoms with E-state index in [1.54, 1.807) is 0 Å². The Morgan fingerprint density at radius 1 is 0.944 bits per heavy atom. The summed E-state index contributed by atoms with van der Waals surface area (Å²) in [6.45, 7) is 2.55. The molecule has 0 radical (unpaired) electrons. The number of carbonyl (C=O) groups is 4. The fourth-order valence-electron chi connectivity index (χ4n) is 0.600. The molecule has 0 bridgehead atoms. The molecule has 18 heavy (non-hydrogen) atoms. The third kappa shape index (κ3) is 8.08. The molecule has 0 atom stereocenters. The maximum absolute atomic E-state index is 10.2. The summed E-state index contributed by atoms with van der Waals surface area (Å²) in [6, 6.07) is 0. The molecule has 0 amide bonds. The van der Waals surface area contributed by atoms with Crippen LogP contribution in [-0.2, 0) is 28.7 Å². The Morgan fingerprint density at radius 3 is 1.39 bits per heavy atom. The van der Waals surface area contributed by atoms with Crippen molar-refractivity contribution in [3.63, 3.8) is 0 Å². The summed E-state index contributed by atoms with van der Waals surface area (Å²) < 4.78 is 7.98. The third-order valence-electron chi connectivity index (χ3n) is 1.68. The van der Waals surface area contributed by atoms with Gasteiger partial charge in [0.25, 0.3) is 0 Å². The van der Waals surface area contributed by atoms with Gasteiger partial charge in [-0.3, -0.25) is 0 Å². The highest BCUT2D eigenvalue weighted by Crippen LogP contribution is 2.17. The van der Waals surface area contributed by atoms with Gasteiger partial charge in [-0.15, -0.1) is 0 Å². The first-order valence-electron chi connectivity index (χ1n) is 4.66. The molecule has 0 aromatic rings. The van der Waals surface area contributed by atoms with E-state index in [9.17, 15) is 29.4 Å². The summed E-state index contributed by atoms with van der Waals surface area (Å²) in [7, 11) is 2.22. The van der Waals surface area contributed by atoms with Crippen molar-refractivity contribution < 1.29 is 38.9 Å². The average Bonchev–Trinajstić information content (AvgIpc) is 2.25. The maximum Gasteiger partial charge on any atom is 0.417 e. The van der Waals surface area contributed by atoms with Crippen LogP contribution in [0.15, 0.2) is 0 Å². The van der Waals surface area contributed by atoms with Gasteiger partial charge < -0.3 is 29.3 Å². The number of carbonyl (C=O) groups excluding carboxylic acids is 4. The third-order valence-corrected chi connectivity index (χ3v) is 1.68. The maximum atomic E-state index is 10.2. The lowest BCUT2D eigenvalue weighted by Crippen LogP contribution is -2.42. The number of carboxylic acids is 2. The zero-order valence-electron chi connectivity index (χ0n) is 10.5. The molecule has 0 fully saturated rings. The summed E-state index contributed by atoms with van der Waals surface area (Å²) in [5, 5.41) is 20.1. The van der Waals surface area contributed by atoms with Crippen LogP contribution in [0.4, 0.5) is 0 Å². The van der Waals surface area contributed by atoms with Crippen LogP contribution in [0.3, 0.4) is 0 Å². The Hall–Kier alpha value is -2.12. The molecule has 0 unspecified atom stereocenters. The number of hydrogen-bond donors (Lipinski definition) is 0. The SMILES string of the molecule is CC(C)(CC(=O)[O-])C(=O)[O-].COC(=O)C(=O)OC. The van der Waals surface area contributed by atoms with Crippen molar-refractivity contribution in [2.45, 2.75) is 20.3 Å². The highest BCUT2D eigenvalue weighted by Gasteiger charge is 2.18. The lowest BCUT2D eigenvalue weighted by atomic mass is 9.90. The quantitative estimate of drug-likeness (QED) is 0.394. The summed E-state index contributed by atoms with van der Waals surface area (Å²) in [5.41, 5.74) is -1.33. The van der Waals surface area contributed by atoms with E-state index >= 15 is 0 Å². The summed E-state index contributed by atoms with van der Waals surface area (Å²) in [4.78, 5) is 40.2. The lowest BCUT2D eigenvalue weighted by Gasteiger charge is -2.25. The van der Waals surface area contributed by atoms with Crippen LogP contribution in [0.1, 0.15) is 20.3 Å². The molecular formula is C10H14O8-2. The predicted octanol–water partition coefficient (Wildman–Crippen LogP) is -2.77. The number of hydrogen-bond acceptors (Lipinski definition) is 8. The number of esters is 2. The molecule has 104 valence electrons. The van der Waals surface area contributed by atoms with Crippen LogP contribution in [0.25, 0.3) is 0 Å². The first kappa shape index (κ1) is 18.3. The molecular weight excluding hydrogens is 248 g/mol. The van der Waals surface area contributed by atoms with Crippen molar-refractivity contribution in [1.82, 2.24) is 0 Å².